The monoisotopic (exact) mass is 436 g/mol. The molecule has 3 fully saturated rings. The fourth-order valence-electron chi connectivity index (χ4n) is 4.57. The van der Waals surface area contributed by atoms with Gasteiger partial charge >= 0.3 is 0 Å². The molecule has 2 N–H and O–H groups in total. The Morgan fingerprint density at radius 1 is 1.37 bits per heavy atom. The average molecular weight is 437 g/mol. The summed E-state index contributed by atoms with van der Waals surface area (Å²) in [5, 5.41) is 12.7. The molecule has 0 bridgehead atoms. The van der Waals surface area contributed by atoms with Crippen LogP contribution in [0, 0.1) is 24.7 Å². The Morgan fingerprint density at radius 2 is 2.13 bits per heavy atom. The molecule has 164 valence electrons. The zero-order chi connectivity index (χ0) is 21.7. The van der Waals surface area contributed by atoms with Crippen molar-refractivity contribution in [2.75, 3.05) is 32.7 Å². The van der Waals surface area contributed by atoms with Gasteiger partial charge in [0.15, 0.2) is 0 Å². The summed E-state index contributed by atoms with van der Waals surface area (Å²) in [7, 11) is 0. The summed E-state index contributed by atoms with van der Waals surface area (Å²) in [5.74, 6) is 0.943. The molecule has 3 atom stereocenters. The predicted molar refractivity (Wildman–Crippen MR) is 110 cm³/mol. The van der Waals surface area contributed by atoms with E-state index < -0.39 is 0 Å². The lowest BCUT2D eigenvalue weighted by Crippen LogP contribution is -2.59. The first-order valence-electron chi connectivity index (χ1n) is 10.2. The molecule has 2 aliphatic heterocycles. The molecule has 3 amide bonds. The maximum Gasteiger partial charge on any atom is 0.290 e. The number of piperazine rings is 1. The minimum Gasteiger partial charge on any atom is -0.483 e. The maximum absolute atomic E-state index is 12.8. The number of aryl methyl sites for hydroxylation is 2. The summed E-state index contributed by atoms with van der Waals surface area (Å²) in [6.07, 6.45) is 3.04. The van der Waals surface area contributed by atoms with Gasteiger partial charge in [-0.1, -0.05) is 0 Å². The van der Waals surface area contributed by atoms with Gasteiger partial charge in [0.1, 0.15) is 0 Å². The van der Waals surface area contributed by atoms with Crippen molar-refractivity contribution >= 4 is 35.5 Å². The predicted octanol–water partition coefficient (Wildman–Crippen LogP) is 0.528. The summed E-state index contributed by atoms with van der Waals surface area (Å²) < 4.78 is 0. The number of likely N-dealkylation sites (tertiary alicyclic amines) is 1. The minimum absolute atomic E-state index is 0.0299. The van der Waals surface area contributed by atoms with Crippen LogP contribution < -0.4 is 5.32 Å². The fraction of sp³-hybridized carbons (Fsp3) is 0.650. The van der Waals surface area contributed by atoms with Crippen molar-refractivity contribution in [2.45, 2.75) is 32.6 Å². The SMILES string of the molecule is Cc1nc(CCC(=O)N2CC[C@@H]3C[C@@H](C(=O)N4CCNC(=O)C4)[C@@H]3C2)cs1.O=CO. The van der Waals surface area contributed by atoms with Gasteiger partial charge in [-0.15, -0.1) is 11.3 Å². The molecule has 1 aliphatic carbocycles. The number of fused-ring (bicyclic) bond motifs is 1. The van der Waals surface area contributed by atoms with Crippen molar-refractivity contribution in [1.82, 2.24) is 20.1 Å². The Morgan fingerprint density at radius 3 is 2.80 bits per heavy atom. The van der Waals surface area contributed by atoms with E-state index in [4.69, 9.17) is 9.90 Å². The lowest BCUT2D eigenvalue weighted by atomic mass is 9.61. The average Bonchev–Trinajstić information content (AvgIpc) is 3.13. The summed E-state index contributed by atoms with van der Waals surface area (Å²) in [4.78, 5) is 53.4. The van der Waals surface area contributed by atoms with Gasteiger partial charge in [-0.05, 0) is 38.0 Å². The number of aromatic nitrogens is 1. The van der Waals surface area contributed by atoms with E-state index in [-0.39, 0.29) is 42.6 Å². The van der Waals surface area contributed by atoms with Gasteiger partial charge < -0.3 is 20.2 Å². The van der Waals surface area contributed by atoms with Crippen LogP contribution in [-0.4, -0.2) is 76.8 Å². The summed E-state index contributed by atoms with van der Waals surface area (Å²) in [5.41, 5.74) is 0.987. The summed E-state index contributed by atoms with van der Waals surface area (Å²) >= 11 is 1.61. The lowest BCUT2D eigenvalue weighted by Gasteiger charge is -2.51. The molecular weight excluding hydrogens is 408 g/mol. The number of hydrogen-bond acceptors (Lipinski definition) is 6. The highest BCUT2D eigenvalue weighted by atomic mass is 32.1. The standard InChI is InChI=1S/C19H26N4O3S.CH2O2/c1-12-21-14(11-27-12)2-3-18(25)22-6-4-13-8-15(16(13)9-22)19(26)23-7-5-20-17(24)10-23;2-1-3/h11,13,15-16H,2-10H2,1H3,(H,20,24);1H,(H,2,3)/t13-,15-,16-;/m1./s1. The van der Waals surface area contributed by atoms with Crippen molar-refractivity contribution in [2.24, 2.45) is 17.8 Å². The van der Waals surface area contributed by atoms with Gasteiger partial charge in [0.2, 0.25) is 17.7 Å². The number of piperidine rings is 1. The van der Waals surface area contributed by atoms with Crippen molar-refractivity contribution in [1.29, 1.82) is 0 Å². The molecular formula is C20H28N4O5S. The number of thiazole rings is 1. The number of carboxylic acid groups (broad SMARTS) is 1. The highest BCUT2D eigenvalue weighted by Crippen LogP contribution is 2.46. The van der Waals surface area contributed by atoms with E-state index in [9.17, 15) is 14.4 Å². The van der Waals surface area contributed by atoms with Gasteiger partial charge in [-0.25, -0.2) is 4.98 Å². The third-order valence-corrected chi connectivity index (χ3v) is 6.98. The third kappa shape index (κ3) is 5.16. The highest BCUT2D eigenvalue weighted by Gasteiger charge is 2.49. The van der Waals surface area contributed by atoms with E-state index >= 15 is 0 Å². The maximum atomic E-state index is 12.8. The topological polar surface area (TPSA) is 120 Å². The number of carbonyl (C=O) groups excluding carboxylic acids is 3. The van der Waals surface area contributed by atoms with Crippen LogP contribution in [0.15, 0.2) is 5.38 Å². The van der Waals surface area contributed by atoms with Crippen LogP contribution >= 0.6 is 11.3 Å². The Hall–Kier alpha value is -2.49. The third-order valence-electron chi connectivity index (χ3n) is 6.16. The van der Waals surface area contributed by atoms with Gasteiger partial charge in [0.25, 0.3) is 6.47 Å². The molecule has 0 spiro atoms. The van der Waals surface area contributed by atoms with E-state index in [1.165, 1.54) is 0 Å². The summed E-state index contributed by atoms with van der Waals surface area (Å²) in [6, 6.07) is 0. The molecule has 0 aromatic carbocycles. The smallest absolute Gasteiger partial charge is 0.290 e. The van der Waals surface area contributed by atoms with E-state index in [1.54, 1.807) is 16.2 Å². The molecule has 4 rings (SSSR count). The second kappa shape index (κ2) is 10.0. The second-order valence-electron chi connectivity index (χ2n) is 7.97. The molecule has 1 saturated carbocycles. The second-order valence-corrected chi connectivity index (χ2v) is 9.03. The minimum atomic E-state index is -0.250. The molecule has 1 aromatic heterocycles. The summed E-state index contributed by atoms with van der Waals surface area (Å²) in [6.45, 7) is 4.49. The zero-order valence-corrected chi connectivity index (χ0v) is 17.9. The Bertz CT molecular complexity index is 798. The molecule has 2 saturated heterocycles. The molecule has 10 heteroatoms. The van der Waals surface area contributed by atoms with Crippen molar-refractivity contribution in [3.05, 3.63) is 16.1 Å². The first-order valence-corrected chi connectivity index (χ1v) is 11.1. The lowest BCUT2D eigenvalue weighted by molar-refractivity contribution is -0.154. The quantitative estimate of drug-likeness (QED) is 0.665. The van der Waals surface area contributed by atoms with Gasteiger partial charge in [-0.3, -0.25) is 19.2 Å². The van der Waals surface area contributed by atoms with Crippen LogP contribution in [0.2, 0.25) is 0 Å². The molecule has 9 nitrogen and oxygen atoms in total. The van der Waals surface area contributed by atoms with Crippen LogP contribution in [0.1, 0.15) is 30.0 Å². The van der Waals surface area contributed by atoms with E-state index in [1.807, 2.05) is 17.2 Å². The van der Waals surface area contributed by atoms with Gasteiger partial charge in [0.05, 0.1) is 17.2 Å². The number of carbonyl (C=O) groups is 4. The van der Waals surface area contributed by atoms with E-state index in [2.05, 4.69) is 10.3 Å². The molecule has 30 heavy (non-hydrogen) atoms. The van der Waals surface area contributed by atoms with Crippen molar-refractivity contribution in [3.8, 4) is 0 Å². The number of hydrogen-bond donors (Lipinski definition) is 2. The molecule has 3 heterocycles. The molecule has 0 radical (unpaired) electrons. The number of nitrogens with one attached hydrogen (secondary N) is 1. The zero-order valence-electron chi connectivity index (χ0n) is 17.1. The number of nitrogens with zero attached hydrogens (tertiary/aromatic N) is 3. The van der Waals surface area contributed by atoms with Crippen LogP contribution in [0.4, 0.5) is 0 Å². The first-order chi connectivity index (χ1) is 14.4. The first kappa shape index (κ1) is 22.2. The number of amides is 3. The Labute approximate surface area is 179 Å². The largest absolute Gasteiger partial charge is 0.483 e. The van der Waals surface area contributed by atoms with Crippen LogP contribution in [0.5, 0.6) is 0 Å². The van der Waals surface area contributed by atoms with Crippen LogP contribution in [-0.2, 0) is 25.6 Å². The normalized spacial score (nSPS) is 25.2. The highest BCUT2D eigenvalue weighted by molar-refractivity contribution is 7.09. The van der Waals surface area contributed by atoms with Gasteiger partial charge in [-0.2, -0.15) is 0 Å². The molecule has 0 unspecified atom stereocenters. The molecule has 1 aromatic rings. The van der Waals surface area contributed by atoms with Crippen LogP contribution in [0.25, 0.3) is 0 Å². The fourth-order valence-corrected chi connectivity index (χ4v) is 5.22. The number of rotatable bonds is 4. The van der Waals surface area contributed by atoms with Crippen LogP contribution in [0.3, 0.4) is 0 Å². The van der Waals surface area contributed by atoms with Crippen molar-refractivity contribution in [3.63, 3.8) is 0 Å². The Kier molecular flexibility index (Phi) is 7.41. The van der Waals surface area contributed by atoms with E-state index in [0.717, 1.165) is 30.1 Å². The van der Waals surface area contributed by atoms with Crippen molar-refractivity contribution < 1.29 is 24.3 Å². The van der Waals surface area contributed by atoms with Gasteiger partial charge in [0, 0.05) is 43.9 Å². The molecule has 3 aliphatic rings. The Balaban J connectivity index is 0.000000806. The van der Waals surface area contributed by atoms with E-state index in [0.29, 0.717) is 38.4 Å².